The highest BCUT2D eigenvalue weighted by Crippen LogP contribution is 2.32. The molecule has 1 aliphatic carbocycles. The topological polar surface area (TPSA) is 78.4 Å². The van der Waals surface area contributed by atoms with Gasteiger partial charge in [-0.3, -0.25) is 9.59 Å². The second kappa shape index (κ2) is 7.13. The fourth-order valence-corrected chi connectivity index (χ4v) is 3.31. The van der Waals surface area contributed by atoms with E-state index in [-0.39, 0.29) is 24.8 Å². The van der Waals surface area contributed by atoms with Crippen LogP contribution in [0.2, 0.25) is 0 Å². The van der Waals surface area contributed by atoms with Gasteiger partial charge < -0.3 is 15.7 Å². The highest BCUT2D eigenvalue weighted by molar-refractivity contribution is 5.95. The molecule has 1 aromatic rings. The van der Waals surface area contributed by atoms with Crippen LogP contribution in [0.3, 0.4) is 0 Å². The van der Waals surface area contributed by atoms with Gasteiger partial charge in [-0.25, -0.2) is 0 Å². The molecule has 1 saturated carbocycles. The van der Waals surface area contributed by atoms with Crippen LogP contribution < -0.4 is 10.6 Å². The molecule has 0 aliphatic heterocycles. The molecule has 0 saturated heterocycles. The Bertz CT molecular complexity index is 581. The van der Waals surface area contributed by atoms with Gasteiger partial charge in [0.15, 0.2) is 0 Å². The molecule has 126 valence electrons. The third kappa shape index (κ3) is 4.79. The lowest BCUT2D eigenvalue weighted by molar-refractivity contribution is -0.128. The minimum absolute atomic E-state index is 0.0723. The standard InChI is InChI=1S/C18H26N2O3/c1-12-8-13(2)17(14(3)9-12)20-16(22)11-19-15(21)10-18(23)6-4-5-7-18/h8-9,23H,4-7,10-11H2,1-3H3,(H,19,21)(H,20,22). The number of carbonyl (C=O) groups is 2. The third-order valence-corrected chi connectivity index (χ3v) is 4.41. The average Bonchev–Trinajstić information content (AvgIpc) is 2.87. The number of benzene rings is 1. The summed E-state index contributed by atoms with van der Waals surface area (Å²) < 4.78 is 0. The number of amides is 2. The molecule has 23 heavy (non-hydrogen) atoms. The molecule has 0 spiro atoms. The molecule has 5 nitrogen and oxygen atoms in total. The first-order valence-electron chi connectivity index (χ1n) is 8.16. The monoisotopic (exact) mass is 318 g/mol. The first kappa shape index (κ1) is 17.5. The molecule has 1 aliphatic rings. The molecule has 0 bridgehead atoms. The molecular formula is C18H26N2O3. The van der Waals surface area contributed by atoms with Crippen LogP contribution >= 0.6 is 0 Å². The summed E-state index contributed by atoms with van der Waals surface area (Å²) in [5, 5.41) is 15.6. The Morgan fingerprint density at radius 2 is 1.65 bits per heavy atom. The number of aryl methyl sites for hydroxylation is 3. The lowest BCUT2D eigenvalue weighted by Crippen LogP contribution is -2.38. The minimum Gasteiger partial charge on any atom is -0.389 e. The second-order valence-electron chi connectivity index (χ2n) is 6.71. The Labute approximate surface area is 137 Å². The summed E-state index contributed by atoms with van der Waals surface area (Å²) in [4.78, 5) is 23.9. The fourth-order valence-electron chi connectivity index (χ4n) is 3.31. The number of rotatable bonds is 5. The Morgan fingerprint density at radius 1 is 1.09 bits per heavy atom. The van der Waals surface area contributed by atoms with Crippen molar-refractivity contribution in [3.8, 4) is 0 Å². The van der Waals surface area contributed by atoms with Gasteiger partial charge in [-0.15, -0.1) is 0 Å². The predicted octanol–water partition coefficient (Wildman–Crippen LogP) is 2.36. The number of hydrogen-bond acceptors (Lipinski definition) is 3. The zero-order valence-electron chi connectivity index (χ0n) is 14.2. The fraction of sp³-hybridized carbons (Fsp3) is 0.556. The van der Waals surface area contributed by atoms with Crippen LogP contribution in [0.5, 0.6) is 0 Å². The van der Waals surface area contributed by atoms with Gasteiger partial charge in [-0.1, -0.05) is 30.5 Å². The maximum atomic E-state index is 12.0. The van der Waals surface area contributed by atoms with E-state index < -0.39 is 5.60 Å². The Kier molecular flexibility index (Phi) is 5.42. The van der Waals surface area contributed by atoms with E-state index in [2.05, 4.69) is 10.6 Å². The smallest absolute Gasteiger partial charge is 0.243 e. The van der Waals surface area contributed by atoms with Crippen molar-refractivity contribution >= 4 is 17.5 Å². The van der Waals surface area contributed by atoms with Gasteiger partial charge in [0.05, 0.1) is 18.6 Å². The number of hydrogen-bond donors (Lipinski definition) is 3. The quantitative estimate of drug-likeness (QED) is 0.780. The number of anilines is 1. The van der Waals surface area contributed by atoms with E-state index in [1.807, 2.05) is 32.9 Å². The maximum Gasteiger partial charge on any atom is 0.243 e. The summed E-state index contributed by atoms with van der Waals surface area (Å²) in [7, 11) is 0. The number of carbonyl (C=O) groups excluding carboxylic acids is 2. The molecule has 3 N–H and O–H groups in total. The molecule has 1 aromatic carbocycles. The normalized spacial score (nSPS) is 16.2. The van der Waals surface area contributed by atoms with Crippen LogP contribution in [0.4, 0.5) is 5.69 Å². The first-order valence-corrected chi connectivity index (χ1v) is 8.16. The molecule has 2 amide bonds. The Balaban J connectivity index is 1.84. The van der Waals surface area contributed by atoms with Crippen molar-refractivity contribution in [3.63, 3.8) is 0 Å². The maximum absolute atomic E-state index is 12.0. The molecule has 1 fully saturated rings. The van der Waals surface area contributed by atoms with Crippen molar-refractivity contribution in [2.24, 2.45) is 0 Å². The molecule has 0 aromatic heterocycles. The second-order valence-corrected chi connectivity index (χ2v) is 6.71. The lowest BCUT2D eigenvalue weighted by atomic mass is 9.98. The van der Waals surface area contributed by atoms with Crippen molar-refractivity contribution < 1.29 is 14.7 Å². The summed E-state index contributed by atoms with van der Waals surface area (Å²) in [6, 6.07) is 4.02. The van der Waals surface area contributed by atoms with Gasteiger partial charge in [-0.05, 0) is 44.7 Å². The van der Waals surface area contributed by atoms with E-state index in [1.54, 1.807) is 0 Å². The molecule has 0 heterocycles. The van der Waals surface area contributed by atoms with Crippen molar-refractivity contribution in [3.05, 3.63) is 28.8 Å². The van der Waals surface area contributed by atoms with E-state index in [1.165, 1.54) is 0 Å². The van der Waals surface area contributed by atoms with Crippen LogP contribution in [0, 0.1) is 20.8 Å². The zero-order valence-corrected chi connectivity index (χ0v) is 14.2. The minimum atomic E-state index is -0.884. The van der Waals surface area contributed by atoms with Gasteiger partial charge in [0.2, 0.25) is 11.8 Å². The molecule has 2 rings (SSSR count). The van der Waals surface area contributed by atoms with Gasteiger partial charge in [0, 0.05) is 5.69 Å². The molecule has 0 radical (unpaired) electrons. The first-order chi connectivity index (χ1) is 10.8. The van der Waals surface area contributed by atoms with Crippen LogP contribution in [-0.4, -0.2) is 29.1 Å². The van der Waals surface area contributed by atoms with Crippen molar-refractivity contribution in [2.45, 2.75) is 58.5 Å². The SMILES string of the molecule is Cc1cc(C)c(NC(=O)CNC(=O)CC2(O)CCCC2)c(C)c1. The van der Waals surface area contributed by atoms with Crippen molar-refractivity contribution in [2.75, 3.05) is 11.9 Å². The highest BCUT2D eigenvalue weighted by atomic mass is 16.3. The summed E-state index contributed by atoms with van der Waals surface area (Å²) in [6.07, 6.45) is 3.30. The molecule has 0 unspecified atom stereocenters. The van der Waals surface area contributed by atoms with Crippen LogP contribution in [0.15, 0.2) is 12.1 Å². The van der Waals surface area contributed by atoms with Crippen molar-refractivity contribution in [1.82, 2.24) is 5.32 Å². The van der Waals surface area contributed by atoms with Gasteiger partial charge in [0.25, 0.3) is 0 Å². The summed E-state index contributed by atoms with van der Waals surface area (Å²) >= 11 is 0. The highest BCUT2D eigenvalue weighted by Gasteiger charge is 2.33. The molecule has 0 atom stereocenters. The Morgan fingerprint density at radius 3 is 2.22 bits per heavy atom. The summed E-state index contributed by atoms with van der Waals surface area (Å²) in [6.45, 7) is 5.83. The predicted molar refractivity (Wildman–Crippen MR) is 90.3 cm³/mol. The third-order valence-electron chi connectivity index (χ3n) is 4.41. The lowest BCUT2D eigenvalue weighted by Gasteiger charge is -2.21. The average molecular weight is 318 g/mol. The largest absolute Gasteiger partial charge is 0.389 e. The van der Waals surface area contributed by atoms with E-state index >= 15 is 0 Å². The van der Waals surface area contributed by atoms with Crippen LogP contribution in [0.1, 0.15) is 48.8 Å². The Hall–Kier alpha value is -1.88. The van der Waals surface area contributed by atoms with E-state index in [9.17, 15) is 14.7 Å². The van der Waals surface area contributed by atoms with Gasteiger partial charge >= 0.3 is 0 Å². The van der Waals surface area contributed by atoms with E-state index in [0.29, 0.717) is 12.8 Å². The number of aliphatic hydroxyl groups is 1. The zero-order chi connectivity index (χ0) is 17.0. The summed E-state index contributed by atoms with van der Waals surface area (Å²) in [5.74, 6) is -0.534. The van der Waals surface area contributed by atoms with Crippen LogP contribution in [0.25, 0.3) is 0 Å². The molecule has 5 heteroatoms. The molecular weight excluding hydrogens is 292 g/mol. The van der Waals surface area contributed by atoms with E-state index in [0.717, 1.165) is 35.2 Å². The van der Waals surface area contributed by atoms with Crippen LogP contribution in [-0.2, 0) is 9.59 Å². The summed E-state index contributed by atoms with van der Waals surface area (Å²) in [5.41, 5.74) is 3.07. The van der Waals surface area contributed by atoms with E-state index in [4.69, 9.17) is 0 Å². The van der Waals surface area contributed by atoms with Gasteiger partial charge in [-0.2, -0.15) is 0 Å². The van der Waals surface area contributed by atoms with Crippen molar-refractivity contribution in [1.29, 1.82) is 0 Å². The van der Waals surface area contributed by atoms with Gasteiger partial charge in [0.1, 0.15) is 0 Å². The number of nitrogens with one attached hydrogen (secondary N) is 2.